The van der Waals surface area contributed by atoms with E-state index >= 15 is 0 Å². The molecule has 0 heterocycles. The lowest BCUT2D eigenvalue weighted by Crippen LogP contribution is -2.16. The Morgan fingerprint density at radius 1 is 1.29 bits per heavy atom. The minimum atomic E-state index is -4.32. The molecular weight excluding hydrogens is 191 g/mol. The van der Waals surface area contributed by atoms with Crippen LogP contribution in [0.3, 0.4) is 0 Å². The molecule has 0 amide bonds. The van der Waals surface area contributed by atoms with Crippen LogP contribution in [0.15, 0.2) is 18.2 Å². The van der Waals surface area contributed by atoms with E-state index in [1.165, 1.54) is 6.07 Å². The third kappa shape index (κ3) is 2.07. The second kappa shape index (κ2) is 3.61. The molecule has 0 bridgehead atoms. The van der Waals surface area contributed by atoms with Crippen LogP contribution in [0.5, 0.6) is 0 Å². The maximum Gasteiger partial charge on any atom is 0.416 e. The molecule has 0 saturated heterocycles. The van der Waals surface area contributed by atoms with Crippen LogP contribution >= 0.6 is 0 Å². The number of hydrogen-bond donors (Lipinski definition) is 1. The van der Waals surface area contributed by atoms with Crippen molar-refractivity contribution >= 4 is 0 Å². The molecule has 0 aliphatic rings. The Bertz CT molecular complexity index is 329. The summed E-state index contributed by atoms with van der Waals surface area (Å²) >= 11 is 0. The van der Waals surface area contributed by atoms with Crippen LogP contribution in [-0.4, -0.2) is 0 Å². The normalized spacial score (nSPS) is 14.1. The van der Waals surface area contributed by atoms with Gasteiger partial charge in [0.1, 0.15) is 0 Å². The molecule has 0 aromatic heterocycles. The molecule has 0 spiro atoms. The number of benzene rings is 1. The van der Waals surface area contributed by atoms with Gasteiger partial charge in [-0.25, -0.2) is 0 Å². The molecule has 0 saturated carbocycles. The number of aryl methyl sites for hydroxylation is 1. The highest BCUT2D eigenvalue weighted by Crippen LogP contribution is 2.35. The van der Waals surface area contributed by atoms with E-state index in [-0.39, 0.29) is 5.56 Å². The summed E-state index contributed by atoms with van der Waals surface area (Å²) in [6.07, 6.45) is -4.32. The number of halogens is 3. The van der Waals surface area contributed by atoms with E-state index in [4.69, 9.17) is 5.73 Å². The summed E-state index contributed by atoms with van der Waals surface area (Å²) in [6, 6.07) is 3.48. The summed E-state index contributed by atoms with van der Waals surface area (Å²) in [5.74, 6) is 0. The van der Waals surface area contributed by atoms with Crippen molar-refractivity contribution in [3.8, 4) is 0 Å². The van der Waals surface area contributed by atoms with E-state index in [2.05, 4.69) is 0 Å². The van der Waals surface area contributed by atoms with E-state index < -0.39 is 17.8 Å². The second-order valence-electron chi connectivity index (χ2n) is 3.32. The first-order chi connectivity index (χ1) is 6.34. The molecule has 1 atom stereocenters. The Hall–Kier alpha value is -1.03. The summed E-state index contributed by atoms with van der Waals surface area (Å²) < 4.78 is 37.6. The monoisotopic (exact) mass is 203 g/mol. The van der Waals surface area contributed by atoms with E-state index in [0.717, 1.165) is 6.07 Å². The standard InChI is InChI=1S/C10H12F3N/c1-6-4-3-5-8(10(11,12)13)9(6)7(2)14/h3-5,7H,14H2,1-2H3. The van der Waals surface area contributed by atoms with Crippen LogP contribution in [-0.2, 0) is 6.18 Å². The molecular formula is C10H12F3N. The van der Waals surface area contributed by atoms with Gasteiger partial charge in [0.15, 0.2) is 0 Å². The van der Waals surface area contributed by atoms with Gasteiger partial charge in [0, 0.05) is 6.04 Å². The van der Waals surface area contributed by atoms with Crippen LogP contribution in [0.1, 0.15) is 29.7 Å². The van der Waals surface area contributed by atoms with Gasteiger partial charge in [0.2, 0.25) is 0 Å². The van der Waals surface area contributed by atoms with Crippen LogP contribution in [0.25, 0.3) is 0 Å². The van der Waals surface area contributed by atoms with Crippen molar-refractivity contribution in [2.24, 2.45) is 5.73 Å². The Balaban J connectivity index is 3.36. The quantitative estimate of drug-likeness (QED) is 0.745. The van der Waals surface area contributed by atoms with Crippen molar-refractivity contribution in [1.29, 1.82) is 0 Å². The average Bonchev–Trinajstić information content (AvgIpc) is 2.01. The Kier molecular flexibility index (Phi) is 2.85. The number of alkyl halides is 3. The van der Waals surface area contributed by atoms with Gasteiger partial charge in [0.05, 0.1) is 5.56 Å². The molecule has 0 fully saturated rings. The summed E-state index contributed by atoms with van der Waals surface area (Å²) in [7, 11) is 0. The highest BCUT2D eigenvalue weighted by atomic mass is 19.4. The third-order valence-corrected chi connectivity index (χ3v) is 2.08. The van der Waals surface area contributed by atoms with Crippen LogP contribution in [0.4, 0.5) is 13.2 Å². The molecule has 78 valence electrons. The van der Waals surface area contributed by atoms with Crippen molar-refractivity contribution in [1.82, 2.24) is 0 Å². The SMILES string of the molecule is Cc1cccc(C(F)(F)F)c1C(C)N. The fourth-order valence-corrected chi connectivity index (χ4v) is 1.53. The zero-order valence-electron chi connectivity index (χ0n) is 8.02. The number of rotatable bonds is 1. The van der Waals surface area contributed by atoms with Crippen LogP contribution < -0.4 is 5.73 Å². The molecule has 1 aromatic rings. The predicted octanol–water partition coefficient (Wildman–Crippen LogP) is 3.03. The van der Waals surface area contributed by atoms with Gasteiger partial charge in [-0.3, -0.25) is 0 Å². The maximum absolute atomic E-state index is 12.5. The van der Waals surface area contributed by atoms with Crippen molar-refractivity contribution in [3.63, 3.8) is 0 Å². The molecule has 1 rings (SSSR count). The zero-order chi connectivity index (χ0) is 10.9. The van der Waals surface area contributed by atoms with Gasteiger partial charge >= 0.3 is 6.18 Å². The first kappa shape index (κ1) is 11.0. The fourth-order valence-electron chi connectivity index (χ4n) is 1.53. The Morgan fingerprint density at radius 2 is 1.86 bits per heavy atom. The molecule has 0 radical (unpaired) electrons. The van der Waals surface area contributed by atoms with E-state index in [9.17, 15) is 13.2 Å². The van der Waals surface area contributed by atoms with Crippen molar-refractivity contribution in [3.05, 3.63) is 34.9 Å². The Labute approximate surface area is 80.7 Å². The highest BCUT2D eigenvalue weighted by Gasteiger charge is 2.34. The highest BCUT2D eigenvalue weighted by molar-refractivity contribution is 5.38. The minimum absolute atomic E-state index is 0.181. The van der Waals surface area contributed by atoms with Gasteiger partial charge < -0.3 is 5.73 Å². The summed E-state index contributed by atoms with van der Waals surface area (Å²) in [5, 5.41) is 0. The van der Waals surface area contributed by atoms with Crippen LogP contribution in [0, 0.1) is 6.92 Å². The topological polar surface area (TPSA) is 26.0 Å². The van der Waals surface area contributed by atoms with E-state index in [1.54, 1.807) is 19.9 Å². The fraction of sp³-hybridized carbons (Fsp3) is 0.400. The molecule has 14 heavy (non-hydrogen) atoms. The molecule has 4 heteroatoms. The average molecular weight is 203 g/mol. The number of nitrogens with two attached hydrogens (primary N) is 1. The molecule has 1 unspecified atom stereocenters. The first-order valence-corrected chi connectivity index (χ1v) is 4.26. The number of hydrogen-bond acceptors (Lipinski definition) is 1. The third-order valence-electron chi connectivity index (χ3n) is 2.08. The van der Waals surface area contributed by atoms with Gasteiger partial charge in [0.25, 0.3) is 0 Å². The summed E-state index contributed by atoms with van der Waals surface area (Å²) in [6.45, 7) is 3.19. The first-order valence-electron chi connectivity index (χ1n) is 4.26. The lowest BCUT2D eigenvalue weighted by molar-refractivity contribution is -0.138. The summed E-state index contributed by atoms with van der Waals surface area (Å²) in [4.78, 5) is 0. The van der Waals surface area contributed by atoms with E-state index in [1.807, 2.05) is 0 Å². The van der Waals surface area contributed by atoms with Gasteiger partial charge in [-0.2, -0.15) is 13.2 Å². The second-order valence-corrected chi connectivity index (χ2v) is 3.32. The zero-order valence-corrected chi connectivity index (χ0v) is 8.02. The molecule has 2 N–H and O–H groups in total. The molecule has 1 aromatic carbocycles. The van der Waals surface area contributed by atoms with Gasteiger partial charge in [-0.05, 0) is 31.0 Å². The van der Waals surface area contributed by atoms with Gasteiger partial charge in [-0.15, -0.1) is 0 Å². The minimum Gasteiger partial charge on any atom is -0.324 e. The van der Waals surface area contributed by atoms with Gasteiger partial charge in [-0.1, -0.05) is 12.1 Å². The molecule has 0 aliphatic carbocycles. The van der Waals surface area contributed by atoms with Crippen molar-refractivity contribution < 1.29 is 13.2 Å². The lowest BCUT2D eigenvalue weighted by atomic mass is 9.96. The van der Waals surface area contributed by atoms with Crippen LogP contribution in [0.2, 0.25) is 0 Å². The smallest absolute Gasteiger partial charge is 0.324 e. The molecule has 1 nitrogen and oxygen atoms in total. The molecule has 0 aliphatic heterocycles. The Morgan fingerprint density at radius 3 is 2.21 bits per heavy atom. The van der Waals surface area contributed by atoms with Crippen molar-refractivity contribution in [2.45, 2.75) is 26.1 Å². The van der Waals surface area contributed by atoms with E-state index in [0.29, 0.717) is 5.56 Å². The van der Waals surface area contributed by atoms with Crippen molar-refractivity contribution in [2.75, 3.05) is 0 Å². The lowest BCUT2D eigenvalue weighted by Gasteiger charge is -2.17. The predicted molar refractivity (Wildman–Crippen MR) is 48.8 cm³/mol. The largest absolute Gasteiger partial charge is 0.416 e. The summed E-state index contributed by atoms with van der Waals surface area (Å²) in [5.41, 5.74) is 5.64. The maximum atomic E-state index is 12.5.